The first-order valence-corrected chi connectivity index (χ1v) is 10.5. The molecule has 0 saturated carbocycles. The average molecular weight is 461 g/mol. The molecule has 174 valence electrons. The predicted molar refractivity (Wildman–Crippen MR) is 123 cm³/mol. The summed E-state index contributed by atoms with van der Waals surface area (Å²) in [6.45, 7) is 0. The number of hydrogen-bond acceptors (Lipinski definition) is 6. The number of nitrogens with zero attached hydrogens (tertiary/aromatic N) is 1. The minimum Gasteiger partial charge on any atom is -0.497 e. The maximum atomic E-state index is 12.6. The van der Waals surface area contributed by atoms with E-state index < -0.39 is 23.4 Å². The number of carbonyl (C=O) groups excluding carboxylic acids is 2. The summed E-state index contributed by atoms with van der Waals surface area (Å²) in [7, 11) is 3.01. The molecule has 0 aromatic heterocycles. The third-order valence-electron chi connectivity index (χ3n) is 5.94. The summed E-state index contributed by atoms with van der Waals surface area (Å²) in [5, 5.41) is 22.4. The molecule has 1 aliphatic rings. The van der Waals surface area contributed by atoms with Crippen molar-refractivity contribution in [3.05, 3.63) is 89.0 Å². The number of ether oxygens (including phenoxy) is 2. The van der Waals surface area contributed by atoms with Crippen molar-refractivity contribution in [3.8, 4) is 11.5 Å². The van der Waals surface area contributed by atoms with Gasteiger partial charge in [-0.2, -0.15) is 0 Å². The van der Waals surface area contributed by atoms with Gasteiger partial charge in [0.1, 0.15) is 17.1 Å². The lowest BCUT2D eigenvalue weighted by Gasteiger charge is -2.34. The first-order chi connectivity index (χ1) is 16.3. The Bertz CT molecular complexity index is 1190. The summed E-state index contributed by atoms with van der Waals surface area (Å²) in [5.41, 5.74) is -1.67. The van der Waals surface area contributed by atoms with E-state index in [1.54, 1.807) is 48.5 Å². The molecule has 1 aliphatic heterocycles. The number of anilines is 1. The molecule has 0 spiro atoms. The smallest absolute Gasteiger partial charge is 0.336 e. The van der Waals surface area contributed by atoms with Gasteiger partial charge in [-0.05, 0) is 47.5 Å². The van der Waals surface area contributed by atoms with Crippen LogP contribution in [0.25, 0.3) is 0 Å². The molecule has 0 radical (unpaired) electrons. The highest BCUT2D eigenvalue weighted by Crippen LogP contribution is 2.45. The Kier molecular flexibility index (Phi) is 6.08. The molecule has 34 heavy (non-hydrogen) atoms. The maximum absolute atomic E-state index is 12.6. The van der Waals surface area contributed by atoms with Crippen molar-refractivity contribution >= 4 is 23.5 Å². The number of aliphatic hydroxyl groups is 1. The van der Waals surface area contributed by atoms with Crippen LogP contribution in [0.5, 0.6) is 11.5 Å². The van der Waals surface area contributed by atoms with Crippen molar-refractivity contribution in [2.45, 2.75) is 18.4 Å². The molecule has 8 nitrogen and oxygen atoms in total. The Morgan fingerprint density at radius 2 is 1.29 bits per heavy atom. The highest BCUT2D eigenvalue weighted by atomic mass is 16.5. The topological polar surface area (TPSA) is 113 Å². The SMILES string of the molecule is COc1ccc(C(O)(c2ccc(OC)cc2)c2c(C(=O)O)cccc2N2C(=O)CCC2=O)cc1. The fourth-order valence-corrected chi connectivity index (χ4v) is 4.25. The lowest BCUT2D eigenvalue weighted by molar-refractivity contribution is -0.121. The number of amides is 2. The van der Waals surface area contributed by atoms with Crippen molar-refractivity contribution < 1.29 is 34.1 Å². The zero-order chi connectivity index (χ0) is 24.5. The summed E-state index contributed by atoms with van der Waals surface area (Å²) >= 11 is 0. The van der Waals surface area contributed by atoms with Crippen LogP contribution in [0.1, 0.15) is 39.9 Å². The summed E-state index contributed by atoms with van der Waals surface area (Å²) in [4.78, 5) is 38.5. The van der Waals surface area contributed by atoms with Gasteiger partial charge >= 0.3 is 5.97 Å². The van der Waals surface area contributed by atoms with Gasteiger partial charge in [0, 0.05) is 18.4 Å². The fourth-order valence-electron chi connectivity index (χ4n) is 4.25. The monoisotopic (exact) mass is 461 g/mol. The Morgan fingerprint density at radius 3 is 1.71 bits per heavy atom. The molecular formula is C26H23NO7. The van der Waals surface area contributed by atoms with Crippen LogP contribution in [0.4, 0.5) is 5.69 Å². The molecule has 1 saturated heterocycles. The summed E-state index contributed by atoms with van der Waals surface area (Å²) in [6, 6.07) is 17.3. The highest BCUT2D eigenvalue weighted by Gasteiger charge is 2.43. The van der Waals surface area contributed by atoms with Crippen LogP contribution in [0.3, 0.4) is 0 Å². The second-order valence-corrected chi connectivity index (χ2v) is 7.80. The van der Waals surface area contributed by atoms with Gasteiger partial charge in [0.05, 0.1) is 25.5 Å². The predicted octanol–water partition coefficient (Wildman–Crippen LogP) is 3.34. The molecule has 0 aliphatic carbocycles. The highest BCUT2D eigenvalue weighted by molar-refractivity contribution is 6.20. The van der Waals surface area contributed by atoms with E-state index in [0.29, 0.717) is 22.6 Å². The van der Waals surface area contributed by atoms with Gasteiger partial charge in [-0.15, -0.1) is 0 Å². The number of aromatic carboxylic acids is 1. The Morgan fingerprint density at radius 1 is 0.824 bits per heavy atom. The number of imide groups is 1. The van der Waals surface area contributed by atoms with Crippen LogP contribution in [-0.4, -0.2) is 42.2 Å². The van der Waals surface area contributed by atoms with Gasteiger partial charge in [0.25, 0.3) is 0 Å². The van der Waals surface area contributed by atoms with E-state index in [1.165, 1.54) is 32.4 Å². The molecule has 2 N–H and O–H groups in total. The zero-order valence-electron chi connectivity index (χ0n) is 18.6. The summed E-state index contributed by atoms with van der Waals surface area (Å²) in [6.07, 6.45) is 0.0259. The van der Waals surface area contributed by atoms with Crippen LogP contribution in [0.2, 0.25) is 0 Å². The zero-order valence-corrected chi connectivity index (χ0v) is 18.6. The van der Waals surface area contributed by atoms with E-state index in [4.69, 9.17) is 9.47 Å². The van der Waals surface area contributed by atoms with E-state index >= 15 is 0 Å². The molecule has 1 fully saturated rings. The minimum absolute atomic E-state index is 0.0130. The summed E-state index contributed by atoms with van der Waals surface area (Å²) < 4.78 is 10.5. The van der Waals surface area contributed by atoms with Gasteiger partial charge < -0.3 is 19.7 Å². The van der Waals surface area contributed by atoms with Crippen LogP contribution in [-0.2, 0) is 15.2 Å². The number of carboxylic acids is 1. The van der Waals surface area contributed by atoms with Crippen molar-refractivity contribution in [2.24, 2.45) is 0 Å². The molecule has 0 unspecified atom stereocenters. The van der Waals surface area contributed by atoms with Crippen LogP contribution in [0.15, 0.2) is 66.7 Å². The summed E-state index contributed by atoms with van der Waals surface area (Å²) in [5.74, 6) is -1.15. The van der Waals surface area contributed by atoms with E-state index in [9.17, 15) is 24.6 Å². The van der Waals surface area contributed by atoms with Crippen LogP contribution >= 0.6 is 0 Å². The lowest BCUT2D eigenvalue weighted by atomic mass is 9.77. The van der Waals surface area contributed by atoms with E-state index in [2.05, 4.69) is 0 Å². The average Bonchev–Trinajstić information content (AvgIpc) is 3.20. The van der Waals surface area contributed by atoms with E-state index in [-0.39, 0.29) is 29.7 Å². The Hall–Kier alpha value is -4.17. The molecule has 8 heteroatoms. The van der Waals surface area contributed by atoms with E-state index in [1.807, 2.05) is 0 Å². The number of carbonyl (C=O) groups is 3. The maximum Gasteiger partial charge on any atom is 0.336 e. The van der Waals surface area contributed by atoms with Crippen LogP contribution < -0.4 is 14.4 Å². The molecule has 3 aromatic carbocycles. The third-order valence-corrected chi connectivity index (χ3v) is 5.94. The van der Waals surface area contributed by atoms with Gasteiger partial charge in [0.2, 0.25) is 11.8 Å². The van der Waals surface area contributed by atoms with Gasteiger partial charge in [-0.3, -0.25) is 14.5 Å². The molecule has 0 atom stereocenters. The number of benzene rings is 3. The Balaban J connectivity index is 2.07. The van der Waals surface area contributed by atoms with Gasteiger partial charge in [-0.1, -0.05) is 30.3 Å². The molecule has 2 amide bonds. The second-order valence-electron chi connectivity index (χ2n) is 7.80. The number of carboxylic acid groups (broad SMARTS) is 1. The second kappa shape index (κ2) is 8.99. The van der Waals surface area contributed by atoms with Crippen molar-refractivity contribution in [2.75, 3.05) is 19.1 Å². The third kappa shape index (κ3) is 3.78. The fraction of sp³-hybridized carbons (Fsp3) is 0.192. The largest absolute Gasteiger partial charge is 0.497 e. The number of methoxy groups -OCH3 is 2. The van der Waals surface area contributed by atoms with E-state index in [0.717, 1.165) is 4.90 Å². The normalized spacial score (nSPS) is 13.8. The molecule has 0 bridgehead atoms. The Labute approximate surface area is 196 Å². The van der Waals surface area contributed by atoms with Crippen LogP contribution in [0, 0.1) is 0 Å². The van der Waals surface area contributed by atoms with Gasteiger partial charge in [-0.25, -0.2) is 4.79 Å². The number of rotatable bonds is 7. The van der Waals surface area contributed by atoms with Crippen molar-refractivity contribution in [3.63, 3.8) is 0 Å². The van der Waals surface area contributed by atoms with Gasteiger partial charge in [0.15, 0.2) is 0 Å². The molecule has 3 aromatic rings. The number of hydrogen-bond donors (Lipinski definition) is 2. The lowest BCUT2D eigenvalue weighted by Crippen LogP contribution is -2.37. The van der Waals surface area contributed by atoms with Crippen molar-refractivity contribution in [1.29, 1.82) is 0 Å². The first kappa shape index (κ1) is 23.0. The minimum atomic E-state index is -2.04. The molecule has 1 heterocycles. The van der Waals surface area contributed by atoms with Crippen molar-refractivity contribution in [1.82, 2.24) is 0 Å². The first-order valence-electron chi connectivity index (χ1n) is 10.5. The quantitative estimate of drug-likeness (QED) is 0.410. The molecular weight excluding hydrogens is 438 g/mol. The molecule has 4 rings (SSSR count). The standard InChI is InChI=1S/C26H23NO7/c1-33-18-10-6-16(7-11-18)26(32,17-8-12-19(34-2)13-9-17)24-20(25(30)31)4-3-5-21(24)27-22(28)14-15-23(27)29/h3-13,32H,14-15H2,1-2H3,(H,30,31).